The van der Waals surface area contributed by atoms with Crippen LogP contribution < -0.4 is 10.6 Å². The number of alkyl halides is 3. The molecule has 1 heterocycles. The van der Waals surface area contributed by atoms with E-state index in [4.69, 9.17) is 5.73 Å². The number of hydrogen-bond acceptors (Lipinski definition) is 2. The van der Waals surface area contributed by atoms with Crippen molar-refractivity contribution in [2.75, 3.05) is 11.9 Å². The van der Waals surface area contributed by atoms with Crippen molar-refractivity contribution >= 4 is 11.6 Å². The van der Waals surface area contributed by atoms with Crippen molar-refractivity contribution in [2.45, 2.75) is 31.5 Å². The number of rotatable bonds is 2. The minimum Gasteiger partial charge on any atom is -0.324 e. The highest BCUT2D eigenvalue weighted by Crippen LogP contribution is 2.32. The Labute approximate surface area is 109 Å². The maximum absolute atomic E-state index is 12.3. The molecule has 1 aromatic carbocycles. The summed E-state index contributed by atoms with van der Waals surface area (Å²) in [6.07, 6.45) is -4.39. The topological polar surface area (TPSA) is 46.3 Å². The molecule has 2 N–H and O–H groups in total. The van der Waals surface area contributed by atoms with E-state index in [2.05, 4.69) is 0 Å². The first kappa shape index (κ1) is 13.9. The van der Waals surface area contributed by atoms with Gasteiger partial charge in [-0.3, -0.25) is 4.79 Å². The molecule has 0 aliphatic carbocycles. The normalized spacial score (nSPS) is 17.3. The van der Waals surface area contributed by atoms with Gasteiger partial charge in [-0.1, -0.05) is 12.1 Å². The fraction of sp³-hybridized carbons (Fsp3) is 0.462. The molecule has 1 aromatic rings. The van der Waals surface area contributed by atoms with Crippen LogP contribution in [0.25, 0.3) is 0 Å². The molecule has 0 bridgehead atoms. The van der Waals surface area contributed by atoms with E-state index in [9.17, 15) is 18.0 Å². The Morgan fingerprint density at radius 2 is 2.05 bits per heavy atom. The predicted octanol–water partition coefficient (Wildman–Crippen LogP) is 2.55. The number of nitrogens with zero attached hydrogens (tertiary/aromatic N) is 1. The molecular weight excluding hydrogens is 257 g/mol. The van der Waals surface area contributed by atoms with Crippen molar-refractivity contribution in [3.63, 3.8) is 0 Å². The van der Waals surface area contributed by atoms with E-state index < -0.39 is 18.6 Å². The molecule has 104 valence electrons. The molecule has 0 fully saturated rings. The third kappa shape index (κ3) is 3.07. The van der Waals surface area contributed by atoms with E-state index in [1.165, 1.54) is 4.90 Å². The third-order valence-corrected chi connectivity index (χ3v) is 3.33. The van der Waals surface area contributed by atoms with Crippen LogP contribution in [0.2, 0.25) is 0 Å². The standard InChI is InChI=1S/C13H15F3N2O/c1-18-11-4-2-8(10(17)7-13(14,15)16)6-9(11)3-5-12(18)19/h2,4,6,10H,3,5,7,17H2,1H3. The second-order valence-electron chi connectivity index (χ2n) is 4.77. The monoisotopic (exact) mass is 272 g/mol. The minimum atomic E-state index is -4.28. The molecule has 19 heavy (non-hydrogen) atoms. The van der Waals surface area contributed by atoms with Crippen molar-refractivity contribution in [3.05, 3.63) is 29.3 Å². The van der Waals surface area contributed by atoms with E-state index in [-0.39, 0.29) is 5.91 Å². The lowest BCUT2D eigenvalue weighted by Crippen LogP contribution is -2.31. The van der Waals surface area contributed by atoms with Crippen LogP contribution in [-0.2, 0) is 11.2 Å². The molecule has 0 radical (unpaired) electrons. The van der Waals surface area contributed by atoms with Crippen LogP contribution in [0, 0.1) is 0 Å². The van der Waals surface area contributed by atoms with E-state index in [1.54, 1.807) is 25.2 Å². The number of hydrogen-bond donors (Lipinski definition) is 1. The van der Waals surface area contributed by atoms with E-state index in [1.807, 2.05) is 0 Å². The van der Waals surface area contributed by atoms with Crippen molar-refractivity contribution in [2.24, 2.45) is 5.73 Å². The van der Waals surface area contributed by atoms with Gasteiger partial charge in [0.15, 0.2) is 0 Å². The van der Waals surface area contributed by atoms with Crippen molar-refractivity contribution in [1.82, 2.24) is 0 Å². The summed E-state index contributed by atoms with van der Waals surface area (Å²) >= 11 is 0. The van der Waals surface area contributed by atoms with Crippen LogP contribution in [0.15, 0.2) is 18.2 Å². The zero-order chi connectivity index (χ0) is 14.2. The molecule has 1 atom stereocenters. The molecule has 2 rings (SSSR count). The molecule has 0 spiro atoms. The summed E-state index contributed by atoms with van der Waals surface area (Å²) < 4.78 is 36.9. The summed E-state index contributed by atoms with van der Waals surface area (Å²) in [5.74, 6) is 0.0137. The van der Waals surface area contributed by atoms with Gasteiger partial charge in [0.05, 0.1) is 6.42 Å². The Balaban J connectivity index is 2.24. The lowest BCUT2D eigenvalue weighted by molar-refractivity contribution is -0.138. The van der Waals surface area contributed by atoms with Crippen LogP contribution in [0.5, 0.6) is 0 Å². The fourth-order valence-corrected chi connectivity index (χ4v) is 2.27. The van der Waals surface area contributed by atoms with Crippen molar-refractivity contribution in [3.8, 4) is 0 Å². The van der Waals surface area contributed by atoms with Gasteiger partial charge in [0.25, 0.3) is 0 Å². The number of nitrogens with two attached hydrogens (primary N) is 1. The number of amides is 1. The number of fused-ring (bicyclic) bond motifs is 1. The first-order valence-electron chi connectivity index (χ1n) is 5.99. The van der Waals surface area contributed by atoms with Gasteiger partial charge in [-0.2, -0.15) is 13.2 Å². The molecule has 0 saturated carbocycles. The molecule has 0 saturated heterocycles. The zero-order valence-electron chi connectivity index (χ0n) is 10.5. The highest BCUT2D eigenvalue weighted by Gasteiger charge is 2.31. The number of benzene rings is 1. The van der Waals surface area contributed by atoms with E-state index in [0.717, 1.165) is 11.3 Å². The number of aryl methyl sites for hydroxylation is 1. The lowest BCUT2D eigenvalue weighted by Gasteiger charge is -2.27. The number of carbonyl (C=O) groups excluding carboxylic acids is 1. The maximum atomic E-state index is 12.3. The smallest absolute Gasteiger partial charge is 0.324 e. The van der Waals surface area contributed by atoms with Gasteiger partial charge >= 0.3 is 6.18 Å². The quantitative estimate of drug-likeness (QED) is 0.899. The van der Waals surface area contributed by atoms with E-state index in [0.29, 0.717) is 18.4 Å². The van der Waals surface area contributed by atoms with Gasteiger partial charge in [0.2, 0.25) is 5.91 Å². The summed E-state index contributed by atoms with van der Waals surface area (Å²) in [6.45, 7) is 0. The van der Waals surface area contributed by atoms with Gasteiger partial charge in [-0.05, 0) is 23.6 Å². The highest BCUT2D eigenvalue weighted by atomic mass is 19.4. The van der Waals surface area contributed by atoms with Gasteiger partial charge in [-0.25, -0.2) is 0 Å². The van der Waals surface area contributed by atoms with Gasteiger partial charge in [0.1, 0.15) is 0 Å². The lowest BCUT2D eigenvalue weighted by atomic mass is 9.95. The average Bonchev–Trinajstić information content (AvgIpc) is 2.31. The fourth-order valence-electron chi connectivity index (χ4n) is 2.27. The molecule has 0 aromatic heterocycles. The van der Waals surface area contributed by atoms with Gasteiger partial charge in [-0.15, -0.1) is 0 Å². The second kappa shape index (κ2) is 4.85. The molecule has 1 aliphatic heterocycles. The maximum Gasteiger partial charge on any atom is 0.390 e. The highest BCUT2D eigenvalue weighted by molar-refractivity contribution is 5.95. The van der Waals surface area contributed by atoms with E-state index >= 15 is 0 Å². The molecule has 1 amide bonds. The first-order chi connectivity index (χ1) is 8.78. The summed E-state index contributed by atoms with van der Waals surface area (Å²) in [6, 6.07) is 3.84. The molecule has 1 aliphatic rings. The molecule has 3 nitrogen and oxygen atoms in total. The van der Waals surface area contributed by atoms with Crippen molar-refractivity contribution < 1.29 is 18.0 Å². The van der Waals surface area contributed by atoms with Crippen molar-refractivity contribution in [1.29, 1.82) is 0 Å². The van der Waals surface area contributed by atoms with Crippen LogP contribution in [-0.4, -0.2) is 19.1 Å². The number of carbonyl (C=O) groups is 1. The Hall–Kier alpha value is -1.56. The molecule has 6 heteroatoms. The Bertz CT molecular complexity index is 499. The Morgan fingerprint density at radius 1 is 1.37 bits per heavy atom. The largest absolute Gasteiger partial charge is 0.390 e. The van der Waals surface area contributed by atoms with Crippen LogP contribution in [0.3, 0.4) is 0 Å². The van der Waals surface area contributed by atoms with Crippen LogP contribution in [0.1, 0.15) is 30.0 Å². The second-order valence-corrected chi connectivity index (χ2v) is 4.77. The predicted molar refractivity (Wildman–Crippen MR) is 65.8 cm³/mol. The Kier molecular flexibility index (Phi) is 3.54. The van der Waals surface area contributed by atoms with Crippen LogP contribution in [0.4, 0.5) is 18.9 Å². The summed E-state index contributed by atoms with van der Waals surface area (Å²) in [5.41, 5.74) is 7.65. The molecular formula is C13H15F3N2O. The third-order valence-electron chi connectivity index (χ3n) is 3.33. The summed E-state index contributed by atoms with van der Waals surface area (Å²) in [7, 11) is 1.66. The number of halogens is 3. The molecule has 1 unspecified atom stereocenters. The van der Waals surface area contributed by atoms with Gasteiger partial charge < -0.3 is 10.6 Å². The SMILES string of the molecule is CN1C(=O)CCc2cc(C(N)CC(F)(F)F)ccc21. The summed E-state index contributed by atoms with van der Waals surface area (Å²) in [5, 5.41) is 0. The number of anilines is 1. The van der Waals surface area contributed by atoms with Gasteiger partial charge in [0, 0.05) is 25.2 Å². The van der Waals surface area contributed by atoms with Crippen LogP contribution >= 0.6 is 0 Å². The first-order valence-corrected chi connectivity index (χ1v) is 5.99. The average molecular weight is 272 g/mol. The Morgan fingerprint density at radius 3 is 2.68 bits per heavy atom. The minimum absolute atomic E-state index is 0.0137. The summed E-state index contributed by atoms with van der Waals surface area (Å²) in [4.78, 5) is 13.0. The zero-order valence-corrected chi connectivity index (χ0v) is 10.5.